The maximum atomic E-state index is 13.2. The predicted molar refractivity (Wildman–Crippen MR) is 155 cm³/mol. The molecule has 3 heterocycles. The lowest BCUT2D eigenvalue weighted by molar-refractivity contribution is -0.126. The summed E-state index contributed by atoms with van der Waals surface area (Å²) in [4.78, 5) is 42.8. The van der Waals surface area contributed by atoms with Crippen LogP contribution in [0.5, 0.6) is 5.75 Å². The summed E-state index contributed by atoms with van der Waals surface area (Å²) in [6.45, 7) is 6.46. The van der Waals surface area contributed by atoms with Crippen LogP contribution in [0, 0.1) is 0 Å². The second-order valence-corrected chi connectivity index (χ2v) is 11.0. The normalized spacial score (nSPS) is 22.7. The van der Waals surface area contributed by atoms with Crippen LogP contribution in [0.1, 0.15) is 51.1 Å². The summed E-state index contributed by atoms with van der Waals surface area (Å²) in [5.41, 5.74) is 3.96. The van der Waals surface area contributed by atoms with Gasteiger partial charge in [0.25, 0.3) is 11.8 Å². The van der Waals surface area contributed by atoms with Crippen LogP contribution in [0.3, 0.4) is 0 Å². The van der Waals surface area contributed by atoms with Crippen molar-refractivity contribution in [3.05, 3.63) is 113 Å². The highest BCUT2D eigenvalue weighted by Gasteiger charge is 2.39. The van der Waals surface area contributed by atoms with Crippen LogP contribution in [-0.4, -0.2) is 58.8 Å². The molecule has 0 radical (unpaired) electrons. The third-order valence-corrected chi connectivity index (χ3v) is 8.14. The molecule has 3 aliphatic heterocycles. The smallest absolute Gasteiger partial charge is 0.255 e. The van der Waals surface area contributed by atoms with Crippen molar-refractivity contribution in [2.75, 3.05) is 13.1 Å². The Bertz CT molecular complexity index is 1460. The molecule has 0 aliphatic carbocycles. The van der Waals surface area contributed by atoms with Crippen molar-refractivity contribution < 1.29 is 19.1 Å². The first-order chi connectivity index (χ1) is 19.9. The van der Waals surface area contributed by atoms with Crippen molar-refractivity contribution in [1.82, 2.24) is 20.4 Å². The molecule has 2 saturated heterocycles. The Morgan fingerprint density at radius 2 is 1.76 bits per heavy atom. The third-order valence-electron chi connectivity index (χ3n) is 8.14. The SMILES string of the molecule is C=C1CCC(N2Cc3cc(OC4CN(Cc5ccccc5)CCC4NC(=O)c4ccccc4)ccc3C2=O)C(=O)N1. The van der Waals surface area contributed by atoms with Gasteiger partial charge in [0.1, 0.15) is 17.9 Å². The van der Waals surface area contributed by atoms with Crippen LogP contribution in [0.25, 0.3) is 0 Å². The van der Waals surface area contributed by atoms with Gasteiger partial charge in [0.15, 0.2) is 0 Å². The fourth-order valence-electron chi connectivity index (χ4n) is 5.97. The van der Waals surface area contributed by atoms with Crippen LogP contribution in [0.4, 0.5) is 0 Å². The van der Waals surface area contributed by atoms with E-state index in [0.29, 0.717) is 48.5 Å². The van der Waals surface area contributed by atoms with Gasteiger partial charge in [-0.15, -0.1) is 0 Å². The second-order valence-electron chi connectivity index (χ2n) is 11.0. The summed E-state index contributed by atoms with van der Waals surface area (Å²) in [7, 11) is 0. The van der Waals surface area contributed by atoms with Crippen molar-refractivity contribution >= 4 is 17.7 Å². The van der Waals surface area contributed by atoms with Crippen LogP contribution in [0.2, 0.25) is 0 Å². The van der Waals surface area contributed by atoms with E-state index < -0.39 is 6.04 Å². The minimum Gasteiger partial charge on any atom is -0.487 e. The first-order valence-corrected chi connectivity index (χ1v) is 14.2. The van der Waals surface area contributed by atoms with Crippen LogP contribution < -0.4 is 15.4 Å². The number of ether oxygens (including phenoxy) is 1. The number of carbonyl (C=O) groups is 3. The highest BCUT2D eigenvalue weighted by Crippen LogP contribution is 2.32. The van der Waals surface area contributed by atoms with Gasteiger partial charge in [0, 0.05) is 43.0 Å². The van der Waals surface area contributed by atoms with Gasteiger partial charge in [-0.3, -0.25) is 19.3 Å². The number of nitrogens with one attached hydrogen (secondary N) is 2. The molecule has 0 saturated carbocycles. The number of likely N-dealkylation sites (tertiary alicyclic amines) is 1. The molecule has 3 amide bonds. The summed E-state index contributed by atoms with van der Waals surface area (Å²) >= 11 is 0. The summed E-state index contributed by atoms with van der Waals surface area (Å²) in [5, 5.41) is 5.98. The zero-order chi connectivity index (χ0) is 28.3. The largest absolute Gasteiger partial charge is 0.487 e. The number of benzene rings is 3. The topological polar surface area (TPSA) is 91.0 Å². The zero-order valence-electron chi connectivity index (χ0n) is 22.9. The Morgan fingerprint density at radius 3 is 2.51 bits per heavy atom. The van der Waals surface area contributed by atoms with Gasteiger partial charge in [-0.1, -0.05) is 55.1 Å². The molecule has 2 N–H and O–H groups in total. The van der Waals surface area contributed by atoms with Gasteiger partial charge < -0.3 is 20.3 Å². The van der Waals surface area contributed by atoms with E-state index in [9.17, 15) is 14.4 Å². The molecular weight excluding hydrogens is 516 g/mol. The summed E-state index contributed by atoms with van der Waals surface area (Å²) < 4.78 is 6.57. The maximum absolute atomic E-state index is 13.2. The molecule has 0 spiro atoms. The Morgan fingerprint density at radius 1 is 1.00 bits per heavy atom. The molecule has 0 aromatic heterocycles. The number of carbonyl (C=O) groups excluding carboxylic acids is 3. The van der Waals surface area contributed by atoms with E-state index in [1.165, 1.54) is 5.56 Å². The monoisotopic (exact) mass is 550 g/mol. The molecule has 210 valence electrons. The number of amides is 3. The number of allylic oxidation sites excluding steroid dienone is 1. The number of hydrogen-bond donors (Lipinski definition) is 2. The van der Waals surface area contributed by atoms with Crippen LogP contribution in [-0.2, 0) is 17.9 Å². The van der Waals surface area contributed by atoms with E-state index in [2.05, 4.69) is 34.2 Å². The fourth-order valence-corrected chi connectivity index (χ4v) is 5.97. The van der Waals surface area contributed by atoms with Crippen molar-refractivity contribution in [1.29, 1.82) is 0 Å². The fraction of sp³-hybridized carbons (Fsp3) is 0.303. The lowest BCUT2D eigenvalue weighted by atomic mass is 10.00. The van der Waals surface area contributed by atoms with Crippen molar-refractivity contribution in [3.63, 3.8) is 0 Å². The van der Waals surface area contributed by atoms with E-state index in [1.54, 1.807) is 23.1 Å². The minimum absolute atomic E-state index is 0.121. The quantitative estimate of drug-likeness (QED) is 0.466. The van der Waals surface area contributed by atoms with E-state index in [-0.39, 0.29) is 29.9 Å². The first kappa shape index (κ1) is 26.8. The molecule has 0 bridgehead atoms. The Hall–Kier alpha value is -4.43. The van der Waals surface area contributed by atoms with Crippen molar-refractivity contribution in [2.45, 2.75) is 50.5 Å². The average molecular weight is 551 g/mol. The van der Waals surface area contributed by atoms with E-state index >= 15 is 0 Å². The van der Waals surface area contributed by atoms with Crippen molar-refractivity contribution in [2.24, 2.45) is 0 Å². The van der Waals surface area contributed by atoms with Crippen molar-refractivity contribution in [3.8, 4) is 5.75 Å². The van der Waals surface area contributed by atoms with Gasteiger partial charge in [-0.05, 0) is 60.7 Å². The van der Waals surface area contributed by atoms with Gasteiger partial charge in [-0.2, -0.15) is 0 Å². The average Bonchev–Trinajstić information content (AvgIpc) is 3.30. The summed E-state index contributed by atoms with van der Waals surface area (Å²) in [6, 6.07) is 24.4. The molecule has 2 fully saturated rings. The highest BCUT2D eigenvalue weighted by atomic mass is 16.5. The third kappa shape index (κ3) is 5.88. The summed E-state index contributed by atoms with van der Waals surface area (Å²) in [6.07, 6.45) is 1.68. The maximum Gasteiger partial charge on any atom is 0.255 e. The molecule has 41 heavy (non-hydrogen) atoms. The number of piperidine rings is 2. The number of rotatable bonds is 7. The molecule has 3 aromatic rings. The number of nitrogens with zero attached hydrogens (tertiary/aromatic N) is 2. The van der Waals surface area contributed by atoms with Gasteiger partial charge in [-0.25, -0.2) is 0 Å². The minimum atomic E-state index is -0.507. The van der Waals surface area contributed by atoms with Crippen LogP contribution >= 0.6 is 0 Å². The first-order valence-electron chi connectivity index (χ1n) is 14.2. The molecule has 6 rings (SSSR count). The lowest BCUT2D eigenvalue weighted by Gasteiger charge is -2.39. The van der Waals surface area contributed by atoms with Gasteiger partial charge >= 0.3 is 0 Å². The highest BCUT2D eigenvalue weighted by molar-refractivity contribution is 6.01. The molecule has 8 nitrogen and oxygen atoms in total. The predicted octanol–water partition coefficient (Wildman–Crippen LogP) is 3.89. The molecule has 3 aromatic carbocycles. The number of fused-ring (bicyclic) bond motifs is 1. The van der Waals surface area contributed by atoms with Gasteiger partial charge in [0.05, 0.1) is 6.04 Å². The second kappa shape index (κ2) is 11.6. The van der Waals surface area contributed by atoms with E-state index in [0.717, 1.165) is 25.1 Å². The zero-order valence-corrected chi connectivity index (χ0v) is 22.9. The standard InChI is InChI=1S/C33H34N4O4/c1-22-12-15-29(32(39)34-22)37-20-25-18-26(13-14-27(25)33(37)40)41-30-21-36(19-23-8-4-2-5-9-23)17-16-28(30)35-31(38)24-10-6-3-7-11-24/h2-11,13-14,18,28-30H,1,12,15-17,19-21H2,(H,34,39)(H,35,38). The molecule has 3 atom stereocenters. The lowest BCUT2D eigenvalue weighted by Crippen LogP contribution is -2.56. The molecule has 3 aliphatic rings. The Labute approximate surface area is 240 Å². The summed E-state index contributed by atoms with van der Waals surface area (Å²) in [5.74, 6) is 0.199. The van der Waals surface area contributed by atoms with E-state index in [1.807, 2.05) is 48.5 Å². The Kier molecular flexibility index (Phi) is 7.57. The van der Waals surface area contributed by atoms with Crippen LogP contribution in [0.15, 0.2) is 91.1 Å². The molecule has 8 heteroatoms. The Balaban J connectivity index is 1.19. The van der Waals surface area contributed by atoms with Gasteiger partial charge in [0.2, 0.25) is 5.91 Å². The molecular formula is C33H34N4O4. The van der Waals surface area contributed by atoms with E-state index in [4.69, 9.17) is 4.74 Å². The number of hydrogen-bond acceptors (Lipinski definition) is 5. The molecule has 3 unspecified atom stereocenters.